The molecule has 0 aromatic heterocycles. The van der Waals surface area contributed by atoms with Crippen LogP contribution in [0, 0.1) is 17.3 Å². The number of nitrogens with two attached hydrogens (primary N) is 1. The van der Waals surface area contributed by atoms with Crippen LogP contribution in [-0.4, -0.2) is 30.4 Å². The van der Waals surface area contributed by atoms with Crippen molar-refractivity contribution in [1.29, 1.82) is 0 Å². The molecule has 1 saturated heterocycles. The number of likely N-dealkylation sites (tertiary alicyclic amines) is 1. The predicted molar refractivity (Wildman–Crippen MR) is 62.7 cm³/mol. The van der Waals surface area contributed by atoms with E-state index in [0.29, 0.717) is 12.5 Å². The van der Waals surface area contributed by atoms with Crippen LogP contribution in [0.25, 0.3) is 0 Å². The summed E-state index contributed by atoms with van der Waals surface area (Å²) < 4.78 is 0. The zero-order chi connectivity index (χ0) is 11.2. The first kappa shape index (κ1) is 10.6. The van der Waals surface area contributed by atoms with Crippen molar-refractivity contribution in [1.82, 2.24) is 4.90 Å². The van der Waals surface area contributed by atoms with Crippen LogP contribution in [0.2, 0.25) is 0 Å². The molecule has 2 aliphatic carbocycles. The summed E-state index contributed by atoms with van der Waals surface area (Å²) in [7, 11) is 0. The van der Waals surface area contributed by atoms with Gasteiger partial charge in [-0.3, -0.25) is 4.79 Å². The summed E-state index contributed by atoms with van der Waals surface area (Å²) in [6.45, 7) is 2.59. The highest BCUT2D eigenvalue weighted by Crippen LogP contribution is 2.45. The molecule has 1 heterocycles. The summed E-state index contributed by atoms with van der Waals surface area (Å²) in [6.07, 6.45) is 7.28. The van der Waals surface area contributed by atoms with Gasteiger partial charge in [-0.2, -0.15) is 0 Å². The minimum atomic E-state index is -0.154. The standard InChI is InChI=1S/C13H22N2O/c14-9-13(5-2-6-13)12(16)15-7-10-3-1-4-11(10)8-15/h10-11H,1-9,14H2. The summed E-state index contributed by atoms with van der Waals surface area (Å²) in [5, 5.41) is 0. The van der Waals surface area contributed by atoms with Crippen molar-refractivity contribution in [3.63, 3.8) is 0 Å². The molecule has 3 heteroatoms. The molecular formula is C13H22N2O. The molecule has 3 rings (SSSR count). The van der Waals surface area contributed by atoms with E-state index >= 15 is 0 Å². The van der Waals surface area contributed by atoms with E-state index in [-0.39, 0.29) is 5.41 Å². The maximum absolute atomic E-state index is 12.5. The second-order valence-corrected chi connectivity index (χ2v) is 6.00. The Morgan fingerprint density at radius 1 is 1.19 bits per heavy atom. The van der Waals surface area contributed by atoms with E-state index in [1.54, 1.807) is 0 Å². The van der Waals surface area contributed by atoms with E-state index in [0.717, 1.165) is 37.8 Å². The fraction of sp³-hybridized carbons (Fsp3) is 0.923. The maximum atomic E-state index is 12.5. The van der Waals surface area contributed by atoms with Crippen LogP contribution >= 0.6 is 0 Å². The number of nitrogens with zero attached hydrogens (tertiary/aromatic N) is 1. The number of amides is 1. The number of hydrogen-bond donors (Lipinski definition) is 1. The van der Waals surface area contributed by atoms with Crippen LogP contribution in [0.5, 0.6) is 0 Å². The topological polar surface area (TPSA) is 46.3 Å². The fourth-order valence-corrected chi connectivity index (χ4v) is 3.85. The zero-order valence-corrected chi connectivity index (χ0v) is 9.95. The van der Waals surface area contributed by atoms with E-state index in [4.69, 9.17) is 5.73 Å². The average Bonchev–Trinajstić information content (AvgIpc) is 2.75. The molecule has 3 fully saturated rings. The Morgan fingerprint density at radius 3 is 2.25 bits per heavy atom. The van der Waals surface area contributed by atoms with Crippen molar-refractivity contribution in [2.45, 2.75) is 38.5 Å². The van der Waals surface area contributed by atoms with Crippen LogP contribution < -0.4 is 5.73 Å². The van der Waals surface area contributed by atoms with E-state index in [1.807, 2.05) is 0 Å². The van der Waals surface area contributed by atoms with Crippen LogP contribution in [0.3, 0.4) is 0 Å². The van der Waals surface area contributed by atoms with Gasteiger partial charge in [0.05, 0.1) is 5.41 Å². The second kappa shape index (κ2) is 3.73. The van der Waals surface area contributed by atoms with Crippen molar-refractivity contribution in [2.24, 2.45) is 23.0 Å². The molecule has 3 nitrogen and oxygen atoms in total. The summed E-state index contributed by atoms with van der Waals surface area (Å²) in [6, 6.07) is 0. The molecular weight excluding hydrogens is 200 g/mol. The minimum absolute atomic E-state index is 0.154. The molecule has 0 radical (unpaired) electrons. The first-order valence-electron chi connectivity index (χ1n) is 6.75. The number of carbonyl (C=O) groups is 1. The maximum Gasteiger partial charge on any atom is 0.230 e. The zero-order valence-electron chi connectivity index (χ0n) is 9.95. The summed E-state index contributed by atoms with van der Waals surface area (Å²) >= 11 is 0. The smallest absolute Gasteiger partial charge is 0.230 e. The predicted octanol–water partition coefficient (Wildman–Crippen LogP) is 1.37. The first-order chi connectivity index (χ1) is 7.75. The molecule has 0 spiro atoms. The van der Waals surface area contributed by atoms with Crippen molar-refractivity contribution < 1.29 is 4.79 Å². The van der Waals surface area contributed by atoms with Gasteiger partial charge in [-0.1, -0.05) is 12.8 Å². The third kappa shape index (κ3) is 1.41. The van der Waals surface area contributed by atoms with Crippen molar-refractivity contribution in [3.05, 3.63) is 0 Å². The largest absolute Gasteiger partial charge is 0.342 e. The Labute approximate surface area is 97.4 Å². The summed E-state index contributed by atoms with van der Waals surface area (Å²) in [5.41, 5.74) is 5.65. The lowest BCUT2D eigenvalue weighted by Crippen LogP contribution is -2.51. The molecule has 2 atom stereocenters. The van der Waals surface area contributed by atoms with Gasteiger partial charge in [0.15, 0.2) is 0 Å². The normalized spacial score (nSPS) is 35.9. The van der Waals surface area contributed by atoms with Gasteiger partial charge in [-0.05, 0) is 37.5 Å². The highest BCUT2D eigenvalue weighted by Gasteiger charge is 2.48. The highest BCUT2D eigenvalue weighted by atomic mass is 16.2. The Morgan fingerprint density at radius 2 is 1.81 bits per heavy atom. The van der Waals surface area contributed by atoms with Gasteiger partial charge >= 0.3 is 0 Å². The highest BCUT2D eigenvalue weighted by molar-refractivity contribution is 5.84. The number of rotatable bonds is 2. The van der Waals surface area contributed by atoms with Gasteiger partial charge in [-0.25, -0.2) is 0 Å². The van der Waals surface area contributed by atoms with Gasteiger partial charge in [0.2, 0.25) is 5.91 Å². The summed E-state index contributed by atoms with van der Waals surface area (Å²) in [4.78, 5) is 14.6. The molecule has 2 N–H and O–H groups in total. The fourth-order valence-electron chi connectivity index (χ4n) is 3.85. The van der Waals surface area contributed by atoms with Gasteiger partial charge < -0.3 is 10.6 Å². The molecule has 0 aromatic carbocycles. The van der Waals surface area contributed by atoms with Crippen LogP contribution in [0.1, 0.15) is 38.5 Å². The molecule has 3 aliphatic rings. The molecule has 2 saturated carbocycles. The lowest BCUT2D eigenvalue weighted by molar-refractivity contribution is -0.145. The van der Waals surface area contributed by atoms with Gasteiger partial charge in [0.25, 0.3) is 0 Å². The Bertz CT molecular complexity index is 281. The van der Waals surface area contributed by atoms with Crippen molar-refractivity contribution in [2.75, 3.05) is 19.6 Å². The third-order valence-electron chi connectivity index (χ3n) is 5.17. The molecule has 0 aromatic rings. The molecule has 1 aliphatic heterocycles. The van der Waals surface area contributed by atoms with Gasteiger partial charge in [-0.15, -0.1) is 0 Å². The molecule has 1 amide bonds. The third-order valence-corrected chi connectivity index (χ3v) is 5.17. The Kier molecular flexibility index (Phi) is 2.46. The van der Waals surface area contributed by atoms with Crippen LogP contribution in [0.4, 0.5) is 0 Å². The number of hydrogen-bond acceptors (Lipinski definition) is 2. The number of carbonyl (C=O) groups excluding carboxylic acids is 1. The molecule has 16 heavy (non-hydrogen) atoms. The SMILES string of the molecule is NCC1(C(=O)N2CC3CCCC3C2)CCC1. The minimum Gasteiger partial charge on any atom is -0.342 e. The molecule has 90 valence electrons. The lowest BCUT2D eigenvalue weighted by Gasteiger charge is -2.42. The average molecular weight is 222 g/mol. The van der Waals surface area contributed by atoms with Gasteiger partial charge in [0, 0.05) is 19.6 Å². The van der Waals surface area contributed by atoms with Crippen molar-refractivity contribution >= 4 is 5.91 Å². The van der Waals surface area contributed by atoms with E-state index in [1.165, 1.54) is 25.7 Å². The monoisotopic (exact) mass is 222 g/mol. The lowest BCUT2D eigenvalue weighted by atomic mass is 9.68. The van der Waals surface area contributed by atoms with Crippen LogP contribution in [-0.2, 0) is 4.79 Å². The Balaban J connectivity index is 1.68. The van der Waals surface area contributed by atoms with E-state index in [9.17, 15) is 4.79 Å². The molecule has 2 unspecified atom stereocenters. The first-order valence-corrected chi connectivity index (χ1v) is 6.75. The Hall–Kier alpha value is -0.570. The molecule has 0 bridgehead atoms. The second-order valence-electron chi connectivity index (χ2n) is 6.00. The van der Waals surface area contributed by atoms with E-state index in [2.05, 4.69) is 4.90 Å². The van der Waals surface area contributed by atoms with E-state index < -0.39 is 0 Å². The number of fused-ring (bicyclic) bond motifs is 1. The van der Waals surface area contributed by atoms with Crippen LogP contribution in [0.15, 0.2) is 0 Å². The van der Waals surface area contributed by atoms with Gasteiger partial charge in [0.1, 0.15) is 0 Å². The quantitative estimate of drug-likeness (QED) is 0.767. The van der Waals surface area contributed by atoms with Crippen molar-refractivity contribution in [3.8, 4) is 0 Å². The summed E-state index contributed by atoms with van der Waals surface area (Å²) in [5.74, 6) is 1.98.